The first-order valence-corrected chi connectivity index (χ1v) is 38.9. The molecule has 12 aromatic heterocycles. The van der Waals surface area contributed by atoms with Crippen molar-refractivity contribution in [2.75, 3.05) is 18.5 Å². The van der Waals surface area contributed by atoms with Crippen LogP contribution in [0.5, 0.6) is 0 Å². The van der Waals surface area contributed by atoms with Crippen molar-refractivity contribution in [3.63, 3.8) is 0 Å². The number of nitrogens with zero attached hydrogens (tertiary/aromatic N) is 13. The lowest BCUT2D eigenvalue weighted by Crippen LogP contribution is -2.30. The van der Waals surface area contributed by atoms with Gasteiger partial charge in [-0.05, 0) is 123 Å². The molecule has 0 bridgehead atoms. The molecule has 25 heteroatoms. The molecule has 0 unspecified atom stereocenters. The second-order valence-corrected chi connectivity index (χ2v) is 31.0. The third-order valence-electron chi connectivity index (χ3n) is 15.1. The highest BCUT2D eigenvalue weighted by Gasteiger charge is 2.31. The maximum atomic E-state index is 13.2. The summed E-state index contributed by atoms with van der Waals surface area (Å²) in [6, 6.07) is 16.3. The molecule has 0 aliphatic rings. The number of halogens is 6. The Balaban J connectivity index is 0.000000172. The molecule has 102 heavy (non-hydrogen) atoms. The minimum Gasteiger partial charge on any atom is -0.356 e. The van der Waals surface area contributed by atoms with Crippen LogP contribution in [0.15, 0.2) is 129 Å². The Hall–Kier alpha value is -7.94. The van der Waals surface area contributed by atoms with E-state index >= 15 is 0 Å². The number of thiazole rings is 6. The molecule has 0 saturated carbocycles. The van der Waals surface area contributed by atoms with Crippen LogP contribution in [0, 0.1) is 17.5 Å². The van der Waals surface area contributed by atoms with Gasteiger partial charge in [-0.15, -0.1) is 56.7 Å². The number of hydrogen-bond donors (Lipinski definition) is 0. The molecule has 0 spiro atoms. The summed E-state index contributed by atoms with van der Waals surface area (Å²) in [5, 5.41) is 5.89. The predicted molar refractivity (Wildman–Crippen MR) is 413 cm³/mol. The van der Waals surface area contributed by atoms with E-state index in [4.69, 9.17) is 9.97 Å². The van der Waals surface area contributed by atoms with Gasteiger partial charge >= 0.3 is 6.18 Å². The van der Waals surface area contributed by atoms with Crippen LogP contribution in [-0.2, 0) is 56.8 Å². The van der Waals surface area contributed by atoms with Gasteiger partial charge < -0.3 is 4.90 Å². The maximum Gasteiger partial charge on any atom is 0.405 e. The molecule has 12 aromatic rings. The van der Waals surface area contributed by atoms with Crippen molar-refractivity contribution >= 4 is 73.0 Å². The van der Waals surface area contributed by atoms with Crippen LogP contribution >= 0.6 is 68.0 Å². The molecule has 0 radical (unpaired) electrons. The Morgan fingerprint density at radius 2 is 0.686 bits per heavy atom. The van der Waals surface area contributed by atoms with Gasteiger partial charge in [0.1, 0.15) is 59.0 Å². The minimum atomic E-state index is -4.29. The minimum absolute atomic E-state index is 0.170. The lowest BCUT2D eigenvalue weighted by molar-refractivity contribution is -0.119. The van der Waals surface area contributed by atoms with Crippen LogP contribution in [0.25, 0.3) is 63.4 Å². The van der Waals surface area contributed by atoms with Crippen molar-refractivity contribution in [2.24, 2.45) is 0 Å². The van der Waals surface area contributed by atoms with Crippen LogP contribution in [0.3, 0.4) is 0 Å². The van der Waals surface area contributed by atoms with Crippen LogP contribution in [0.4, 0.5) is 31.3 Å². The van der Waals surface area contributed by atoms with Gasteiger partial charge in [-0.2, -0.15) is 13.2 Å². The molecule has 0 fully saturated rings. The number of hydrogen-bond acceptors (Lipinski definition) is 19. The van der Waals surface area contributed by atoms with Crippen LogP contribution in [0.1, 0.15) is 174 Å². The average Bonchev–Trinajstić information content (AvgIpc) is 1.68. The largest absolute Gasteiger partial charge is 0.405 e. The first-order chi connectivity index (χ1) is 48.7. The van der Waals surface area contributed by atoms with E-state index in [1.807, 2.05) is 43.7 Å². The van der Waals surface area contributed by atoms with E-state index in [0.29, 0.717) is 39.5 Å². The molecule has 0 amide bonds. The smallest absolute Gasteiger partial charge is 0.356 e. The van der Waals surface area contributed by atoms with E-state index < -0.39 is 18.5 Å². The lowest BCUT2D eigenvalue weighted by atomic mass is 9.93. The molecule has 12 rings (SSSR count). The van der Waals surface area contributed by atoms with E-state index in [1.165, 1.54) is 85.3 Å². The number of rotatable bonds is 18. The van der Waals surface area contributed by atoms with E-state index in [0.717, 1.165) is 132 Å². The Morgan fingerprint density at radius 1 is 0.373 bits per heavy atom. The average molecular weight is 1500 g/mol. The van der Waals surface area contributed by atoms with Crippen molar-refractivity contribution in [3.05, 3.63) is 205 Å². The molecule has 0 aromatic carbocycles. The summed E-state index contributed by atoms with van der Waals surface area (Å²) in [6.45, 7) is 31.2. The third-order valence-corrected chi connectivity index (χ3v) is 23.4. The van der Waals surface area contributed by atoms with Crippen molar-refractivity contribution in [1.82, 2.24) is 59.8 Å². The second-order valence-electron chi connectivity index (χ2n) is 24.8. The highest BCUT2D eigenvalue weighted by Crippen LogP contribution is 2.39. The number of aromatic nitrogens is 12. The van der Waals surface area contributed by atoms with E-state index in [-0.39, 0.29) is 17.0 Å². The quantitative estimate of drug-likeness (QED) is 0.0748. The normalized spacial score (nSPS) is 11.2. The monoisotopic (exact) mass is 1500 g/mol. The topological polar surface area (TPSA) is 158 Å². The van der Waals surface area contributed by atoms with Crippen molar-refractivity contribution in [1.29, 1.82) is 0 Å². The summed E-state index contributed by atoms with van der Waals surface area (Å²) in [4.78, 5) is 59.2. The summed E-state index contributed by atoms with van der Waals surface area (Å²) in [5.74, 6) is -0.132. The van der Waals surface area contributed by atoms with Gasteiger partial charge in [0.15, 0.2) is 0 Å². The van der Waals surface area contributed by atoms with E-state index in [9.17, 15) is 26.3 Å². The number of aryl methyl sites for hydroxylation is 8. The van der Waals surface area contributed by atoms with E-state index in [1.54, 1.807) is 87.7 Å². The molecule has 0 aliphatic carbocycles. The molecule has 0 atom stereocenters. The molecular weight excluding hydrogens is 1410 g/mol. The first kappa shape index (κ1) is 81.4. The number of alkyl halides is 3. The van der Waals surface area contributed by atoms with Gasteiger partial charge in [-0.3, -0.25) is 29.9 Å². The standard InChI is InChI=1S/C14H18N2S.C13H13F4N3S.C13H15FN2S.C13H16N2S.C12H13FN2S.C12H14N2S/c1-5-11-12(14(2,3)4)17-13(16-11)10-7-6-8-15-9-10;1-3-10-12(20(2)7-13(15,16)17)21-11(19-10)8-4-9(14)6-18-5-8;1-4-11-12(8(2)3)17-13(16-11)9-5-10(14)7-15-6-9;1-4-11-12(9(2)3)16-13(15-11)10-6-5-7-14-8-10;1-3-10-11(4-2)16-12(15-10)8-5-9(13)7-14-6-8;1-3-10-11(4-2)15-12(14-10)9-6-5-7-13-8-9/h6-9H,5H2,1-4H3;4-6H,3,7H2,1-2H3;5-8H,4H2,1-3H3;5-9H,4H2,1-3H3;5-7H,3-4H2,1-2H3;5-8H,3-4H2,1-2H3. The fraction of sp³-hybridized carbons (Fsp3) is 0.377. The molecule has 540 valence electrons. The summed E-state index contributed by atoms with van der Waals surface area (Å²) >= 11 is 9.74. The summed E-state index contributed by atoms with van der Waals surface area (Å²) in [6.07, 6.45) is 22.3. The van der Waals surface area contributed by atoms with Crippen molar-refractivity contribution < 1.29 is 26.3 Å². The molecule has 13 nitrogen and oxygen atoms in total. The van der Waals surface area contributed by atoms with E-state index in [2.05, 4.69) is 165 Å². The summed E-state index contributed by atoms with van der Waals surface area (Å²) < 4.78 is 76.8. The number of pyridine rings is 6. The Labute approximate surface area is 620 Å². The first-order valence-electron chi connectivity index (χ1n) is 34.0. The SMILES string of the molecule is CCc1nc(-c2cccnc2)sc1C(C)(C)C.CCc1nc(-c2cccnc2)sc1C(C)C.CCc1nc(-c2cccnc2)sc1CC.CCc1nc(-c2cncc(F)c2)sc1C(C)C.CCc1nc(-c2cncc(F)c2)sc1CC.CCc1nc(-c2cncc(F)c2)sc1N(C)CC(F)(F)F. The highest BCUT2D eigenvalue weighted by molar-refractivity contribution is 7.19. The Kier molecular flexibility index (Phi) is 31.2. The fourth-order valence-electron chi connectivity index (χ4n) is 10.2. The van der Waals surface area contributed by atoms with Gasteiger partial charge in [0.2, 0.25) is 0 Å². The molecule has 0 N–H and O–H groups in total. The van der Waals surface area contributed by atoms with Crippen LogP contribution in [-0.4, -0.2) is 79.6 Å². The second kappa shape index (κ2) is 39.1. The molecule has 0 saturated heterocycles. The van der Waals surface area contributed by atoms with Gasteiger partial charge in [-0.25, -0.2) is 43.1 Å². The van der Waals surface area contributed by atoms with Crippen molar-refractivity contribution in [2.45, 2.75) is 179 Å². The highest BCUT2D eigenvalue weighted by atomic mass is 32.1. The number of anilines is 1. The maximum absolute atomic E-state index is 13.2. The Morgan fingerprint density at radius 3 is 0.980 bits per heavy atom. The Bertz CT molecular complexity index is 4460. The zero-order chi connectivity index (χ0) is 74.3. The van der Waals surface area contributed by atoms with Gasteiger partial charge in [0, 0.05) is 121 Å². The fourth-order valence-corrected chi connectivity index (χ4v) is 16.9. The lowest BCUT2D eigenvalue weighted by Gasteiger charge is -2.19. The van der Waals surface area contributed by atoms with Gasteiger partial charge in [-0.1, -0.05) is 115 Å². The van der Waals surface area contributed by atoms with Crippen LogP contribution in [0.2, 0.25) is 0 Å². The van der Waals surface area contributed by atoms with Gasteiger partial charge in [0.25, 0.3) is 0 Å². The molecule has 12 heterocycles. The molecular formula is C77H89F6N13S6. The zero-order valence-corrected chi connectivity index (χ0v) is 65.6. The van der Waals surface area contributed by atoms with Gasteiger partial charge in [0.05, 0.1) is 52.8 Å². The third kappa shape index (κ3) is 23.3. The molecule has 0 aliphatic heterocycles. The summed E-state index contributed by atoms with van der Waals surface area (Å²) in [5.41, 5.74) is 12.0. The predicted octanol–water partition coefficient (Wildman–Crippen LogP) is 22.7. The van der Waals surface area contributed by atoms with Crippen LogP contribution < -0.4 is 4.90 Å². The van der Waals surface area contributed by atoms with Crippen molar-refractivity contribution in [3.8, 4) is 63.4 Å². The zero-order valence-electron chi connectivity index (χ0n) is 60.7. The summed E-state index contributed by atoms with van der Waals surface area (Å²) in [7, 11) is 1.37.